The Hall–Kier alpha value is -1.40. The van der Waals surface area contributed by atoms with E-state index in [0.29, 0.717) is 6.04 Å². The molecule has 1 atom stereocenters. The van der Waals surface area contributed by atoms with Gasteiger partial charge in [0.2, 0.25) is 11.8 Å². The van der Waals surface area contributed by atoms with Crippen LogP contribution in [-0.2, 0) is 9.59 Å². The summed E-state index contributed by atoms with van der Waals surface area (Å²) in [5, 5.41) is 5.76. The van der Waals surface area contributed by atoms with Gasteiger partial charge < -0.3 is 10.6 Å². The molecular weight excluding hydrogens is 334 g/mol. The molecule has 2 rings (SSSR count). The normalized spacial score (nSPS) is 15.6. The number of halogens is 1. The summed E-state index contributed by atoms with van der Waals surface area (Å²) in [5.41, 5.74) is 0.742. The summed E-state index contributed by atoms with van der Waals surface area (Å²) in [6, 6.07) is 7.36. The Morgan fingerprint density at radius 2 is 1.95 bits per heavy atom. The minimum Gasteiger partial charge on any atom is -0.352 e. The van der Waals surface area contributed by atoms with Gasteiger partial charge in [0.1, 0.15) is 0 Å². The summed E-state index contributed by atoms with van der Waals surface area (Å²) in [4.78, 5) is 25.6. The van der Waals surface area contributed by atoms with Crippen LogP contribution >= 0.6 is 15.9 Å². The van der Waals surface area contributed by atoms with E-state index in [9.17, 15) is 9.59 Å². The van der Waals surface area contributed by atoms with Crippen LogP contribution in [0.25, 0.3) is 0 Å². The molecule has 0 bridgehead atoms. The molecule has 0 aliphatic heterocycles. The zero-order valence-corrected chi connectivity index (χ0v) is 13.8. The van der Waals surface area contributed by atoms with Crippen LogP contribution in [0.3, 0.4) is 0 Å². The Bertz CT molecular complexity index is 514. The van der Waals surface area contributed by atoms with Gasteiger partial charge in [0.15, 0.2) is 0 Å². The predicted molar refractivity (Wildman–Crippen MR) is 86.0 cm³/mol. The molecule has 2 amide bonds. The summed E-state index contributed by atoms with van der Waals surface area (Å²) in [6.45, 7) is 2.02. The molecule has 1 aliphatic carbocycles. The lowest BCUT2D eigenvalue weighted by Crippen LogP contribution is -2.45. The van der Waals surface area contributed by atoms with Crippen LogP contribution in [0.1, 0.15) is 19.8 Å². The first-order valence-corrected chi connectivity index (χ1v) is 7.81. The number of hydrogen-bond acceptors (Lipinski definition) is 3. The van der Waals surface area contributed by atoms with Gasteiger partial charge in [-0.15, -0.1) is 0 Å². The average Bonchev–Trinajstić information content (AvgIpc) is 3.24. The first kappa shape index (κ1) is 16.0. The zero-order chi connectivity index (χ0) is 15.4. The molecule has 2 N–H and O–H groups in total. The minimum absolute atomic E-state index is 0.0247. The van der Waals surface area contributed by atoms with E-state index in [1.54, 1.807) is 18.9 Å². The Labute approximate surface area is 133 Å². The highest BCUT2D eigenvalue weighted by Crippen LogP contribution is 2.18. The van der Waals surface area contributed by atoms with Crippen LogP contribution < -0.4 is 10.6 Å². The van der Waals surface area contributed by atoms with E-state index < -0.39 is 0 Å². The van der Waals surface area contributed by atoms with E-state index in [-0.39, 0.29) is 24.4 Å². The van der Waals surface area contributed by atoms with E-state index in [1.807, 2.05) is 24.3 Å². The van der Waals surface area contributed by atoms with E-state index in [0.717, 1.165) is 23.0 Å². The lowest BCUT2D eigenvalue weighted by Gasteiger charge is -2.23. The van der Waals surface area contributed by atoms with Crippen molar-refractivity contribution in [1.29, 1.82) is 0 Å². The molecule has 1 aromatic rings. The van der Waals surface area contributed by atoms with Gasteiger partial charge in [-0.1, -0.05) is 15.9 Å². The number of anilines is 1. The Balaban J connectivity index is 1.82. The quantitative estimate of drug-likeness (QED) is 0.821. The van der Waals surface area contributed by atoms with Crippen molar-refractivity contribution in [3.8, 4) is 0 Å². The highest BCUT2D eigenvalue weighted by atomic mass is 79.9. The maximum Gasteiger partial charge on any atom is 0.241 e. The Morgan fingerprint density at radius 3 is 2.52 bits per heavy atom. The number of likely N-dealkylation sites (N-methyl/N-ethyl adjacent to an activating group) is 1. The summed E-state index contributed by atoms with van der Waals surface area (Å²) in [6.07, 6.45) is 2.13. The number of amides is 2. The Kier molecular flexibility index (Phi) is 5.36. The van der Waals surface area contributed by atoms with Gasteiger partial charge in [0, 0.05) is 16.2 Å². The monoisotopic (exact) mass is 353 g/mol. The van der Waals surface area contributed by atoms with Crippen LogP contribution in [0, 0.1) is 0 Å². The summed E-state index contributed by atoms with van der Waals surface area (Å²) >= 11 is 3.35. The van der Waals surface area contributed by atoms with Crippen molar-refractivity contribution >= 4 is 33.4 Å². The van der Waals surface area contributed by atoms with Crippen molar-refractivity contribution in [2.45, 2.75) is 31.8 Å². The molecule has 1 saturated carbocycles. The van der Waals surface area contributed by atoms with E-state index in [2.05, 4.69) is 26.6 Å². The van der Waals surface area contributed by atoms with Crippen LogP contribution in [0.2, 0.25) is 0 Å². The van der Waals surface area contributed by atoms with Crippen molar-refractivity contribution in [2.24, 2.45) is 0 Å². The highest BCUT2D eigenvalue weighted by molar-refractivity contribution is 9.10. The second kappa shape index (κ2) is 7.04. The van der Waals surface area contributed by atoms with Crippen LogP contribution in [0.15, 0.2) is 28.7 Å². The molecule has 1 aliphatic rings. The highest BCUT2D eigenvalue weighted by Gasteiger charge is 2.25. The van der Waals surface area contributed by atoms with Crippen molar-refractivity contribution in [3.05, 3.63) is 28.7 Å². The molecule has 0 spiro atoms. The van der Waals surface area contributed by atoms with Crippen LogP contribution in [-0.4, -0.2) is 42.4 Å². The first-order chi connectivity index (χ1) is 9.95. The molecule has 0 aromatic heterocycles. The maximum atomic E-state index is 12.2. The fraction of sp³-hybridized carbons (Fsp3) is 0.467. The van der Waals surface area contributed by atoms with Crippen molar-refractivity contribution in [3.63, 3.8) is 0 Å². The zero-order valence-electron chi connectivity index (χ0n) is 12.2. The topological polar surface area (TPSA) is 61.4 Å². The fourth-order valence-electron chi connectivity index (χ4n) is 1.84. The number of nitrogens with zero attached hydrogens (tertiary/aromatic N) is 1. The summed E-state index contributed by atoms with van der Waals surface area (Å²) in [7, 11) is 1.78. The second-order valence-corrected chi connectivity index (χ2v) is 6.34. The number of benzene rings is 1. The lowest BCUT2D eigenvalue weighted by atomic mass is 10.2. The van der Waals surface area contributed by atoms with Gasteiger partial charge in [0.05, 0.1) is 12.6 Å². The first-order valence-electron chi connectivity index (χ1n) is 7.01. The van der Waals surface area contributed by atoms with Gasteiger partial charge in [-0.2, -0.15) is 0 Å². The van der Waals surface area contributed by atoms with Crippen molar-refractivity contribution < 1.29 is 9.59 Å². The third-order valence-corrected chi connectivity index (χ3v) is 4.02. The minimum atomic E-state index is -0.376. The molecule has 114 valence electrons. The van der Waals surface area contributed by atoms with Gasteiger partial charge in [-0.25, -0.2) is 0 Å². The van der Waals surface area contributed by atoms with E-state index in [1.165, 1.54) is 0 Å². The molecule has 1 aromatic carbocycles. The summed E-state index contributed by atoms with van der Waals surface area (Å²) in [5.74, 6) is -0.151. The molecule has 0 unspecified atom stereocenters. The molecule has 0 radical (unpaired) electrons. The molecule has 0 heterocycles. The summed E-state index contributed by atoms with van der Waals surface area (Å²) < 4.78 is 0.961. The molecule has 5 nitrogen and oxygen atoms in total. The van der Waals surface area contributed by atoms with Gasteiger partial charge in [-0.05, 0) is 51.1 Å². The number of hydrogen-bond donors (Lipinski definition) is 2. The van der Waals surface area contributed by atoms with Crippen molar-refractivity contribution in [2.75, 3.05) is 18.9 Å². The average molecular weight is 354 g/mol. The number of carbonyl (C=O) groups is 2. The van der Waals surface area contributed by atoms with Gasteiger partial charge >= 0.3 is 0 Å². The molecular formula is C15H20BrN3O2. The number of carbonyl (C=O) groups excluding carboxylic acids is 2. The molecule has 6 heteroatoms. The number of nitrogens with one attached hydrogen (secondary N) is 2. The Morgan fingerprint density at radius 1 is 1.33 bits per heavy atom. The third-order valence-electron chi connectivity index (χ3n) is 3.49. The van der Waals surface area contributed by atoms with Crippen molar-refractivity contribution in [1.82, 2.24) is 10.2 Å². The smallest absolute Gasteiger partial charge is 0.241 e. The number of rotatable bonds is 6. The van der Waals surface area contributed by atoms with E-state index in [4.69, 9.17) is 0 Å². The standard InChI is InChI=1S/C15H20BrN3O2/c1-10(19(2)9-14(20)17-12-7-8-12)15(21)18-13-5-3-11(16)4-6-13/h3-6,10,12H,7-9H2,1-2H3,(H,17,20)(H,18,21)/t10-/m1/s1. The predicted octanol–water partition coefficient (Wildman–Crippen LogP) is 1.99. The third kappa shape index (κ3) is 5.13. The maximum absolute atomic E-state index is 12.2. The molecule has 0 saturated heterocycles. The molecule has 21 heavy (non-hydrogen) atoms. The van der Waals surface area contributed by atoms with Gasteiger partial charge in [-0.3, -0.25) is 14.5 Å². The SMILES string of the molecule is C[C@H](C(=O)Nc1ccc(Br)cc1)N(C)CC(=O)NC1CC1. The van der Waals surface area contributed by atoms with Crippen LogP contribution in [0.4, 0.5) is 5.69 Å². The van der Waals surface area contributed by atoms with E-state index >= 15 is 0 Å². The van der Waals surface area contributed by atoms with Crippen LogP contribution in [0.5, 0.6) is 0 Å². The van der Waals surface area contributed by atoms with Gasteiger partial charge in [0.25, 0.3) is 0 Å². The molecule has 1 fully saturated rings. The fourth-order valence-corrected chi connectivity index (χ4v) is 2.11. The largest absolute Gasteiger partial charge is 0.352 e. The second-order valence-electron chi connectivity index (χ2n) is 5.43. The lowest BCUT2D eigenvalue weighted by molar-refractivity contribution is -0.124.